The molecule has 31 heavy (non-hydrogen) atoms. The van der Waals surface area contributed by atoms with E-state index in [9.17, 15) is 10.1 Å². The predicted octanol–water partition coefficient (Wildman–Crippen LogP) is 7.17. The van der Waals surface area contributed by atoms with Crippen molar-refractivity contribution in [1.82, 2.24) is 5.32 Å². The minimum atomic E-state index is -0.401. The van der Waals surface area contributed by atoms with Crippen LogP contribution < -0.4 is 10.1 Å². The average molecular weight is 548 g/mol. The maximum absolute atomic E-state index is 12.4. The number of nitrogens with one attached hydrogen (secondary N) is 1. The van der Waals surface area contributed by atoms with E-state index in [0.29, 0.717) is 13.2 Å². The maximum Gasteiger partial charge on any atom is 0.262 e. The van der Waals surface area contributed by atoms with Gasteiger partial charge in [-0.15, -0.1) is 0 Å². The molecule has 0 radical (unpaired) electrons. The third-order valence-corrected chi connectivity index (χ3v) is 5.91. The Kier molecular flexibility index (Phi) is 11.4. The molecule has 0 saturated heterocycles. The minimum absolute atomic E-state index is 0.0514. The molecule has 2 aromatic rings. The normalized spacial score (nSPS) is 11.1. The molecule has 0 heterocycles. The Bertz CT molecular complexity index is 898. The molecule has 0 saturated carbocycles. The highest BCUT2D eigenvalue weighted by Crippen LogP contribution is 2.35. The Morgan fingerprint density at radius 1 is 1.06 bits per heavy atom. The van der Waals surface area contributed by atoms with Crippen LogP contribution in [-0.4, -0.2) is 12.5 Å². The number of carbonyl (C=O) groups excluding carboxylic acids is 1. The Morgan fingerprint density at radius 3 is 2.35 bits per heavy atom. The van der Waals surface area contributed by atoms with Crippen LogP contribution >= 0.6 is 31.9 Å². The second-order valence-electron chi connectivity index (χ2n) is 7.27. The zero-order valence-electron chi connectivity index (χ0n) is 17.8. The van der Waals surface area contributed by atoms with Gasteiger partial charge in [-0.3, -0.25) is 4.79 Å². The largest absolute Gasteiger partial charge is 0.491 e. The van der Waals surface area contributed by atoms with Crippen molar-refractivity contribution < 1.29 is 9.53 Å². The first-order chi connectivity index (χ1) is 15.0. The van der Waals surface area contributed by atoms with Gasteiger partial charge < -0.3 is 10.1 Å². The summed E-state index contributed by atoms with van der Waals surface area (Å²) in [6.45, 7) is 3.24. The number of nitrogens with zero attached hydrogens (tertiary/aromatic N) is 1. The van der Waals surface area contributed by atoms with E-state index < -0.39 is 5.91 Å². The maximum atomic E-state index is 12.4. The van der Waals surface area contributed by atoms with Crippen molar-refractivity contribution in [3.63, 3.8) is 0 Å². The molecule has 0 aliphatic heterocycles. The topological polar surface area (TPSA) is 62.1 Å². The summed E-state index contributed by atoms with van der Waals surface area (Å²) in [5.74, 6) is 0.333. The number of halogens is 2. The molecule has 0 bridgehead atoms. The van der Waals surface area contributed by atoms with E-state index in [2.05, 4.69) is 44.1 Å². The van der Waals surface area contributed by atoms with Gasteiger partial charge in [0.2, 0.25) is 0 Å². The van der Waals surface area contributed by atoms with Crippen LogP contribution in [0.1, 0.15) is 56.6 Å². The molecule has 0 atom stereocenters. The van der Waals surface area contributed by atoms with Gasteiger partial charge in [-0.05, 0) is 67.6 Å². The highest BCUT2D eigenvalue weighted by Gasteiger charge is 2.12. The lowest BCUT2D eigenvalue weighted by Crippen LogP contribution is -2.23. The molecular weight excluding hydrogens is 520 g/mol. The van der Waals surface area contributed by atoms with Crippen LogP contribution in [0.4, 0.5) is 0 Å². The smallest absolute Gasteiger partial charge is 0.262 e. The van der Waals surface area contributed by atoms with Crippen molar-refractivity contribution in [2.75, 3.05) is 6.61 Å². The number of rotatable bonds is 12. The second kappa shape index (κ2) is 14.1. The number of carbonyl (C=O) groups is 1. The van der Waals surface area contributed by atoms with Crippen LogP contribution in [0.15, 0.2) is 57.0 Å². The molecule has 2 rings (SSSR count). The fourth-order valence-electron chi connectivity index (χ4n) is 3.05. The third-order valence-electron chi connectivity index (χ3n) is 4.74. The Morgan fingerprint density at radius 2 is 1.71 bits per heavy atom. The van der Waals surface area contributed by atoms with Crippen LogP contribution in [0.2, 0.25) is 0 Å². The number of nitriles is 1. The number of hydrogen-bond acceptors (Lipinski definition) is 3. The molecule has 0 fully saturated rings. The summed E-state index contributed by atoms with van der Waals surface area (Å²) in [7, 11) is 0. The summed E-state index contributed by atoms with van der Waals surface area (Å²) in [4.78, 5) is 12.4. The van der Waals surface area contributed by atoms with E-state index in [1.165, 1.54) is 32.1 Å². The van der Waals surface area contributed by atoms with E-state index in [-0.39, 0.29) is 5.57 Å². The van der Waals surface area contributed by atoms with Gasteiger partial charge in [-0.25, -0.2) is 0 Å². The highest BCUT2D eigenvalue weighted by atomic mass is 79.9. The molecule has 0 aromatic heterocycles. The van der Waals surface area contributed by atoms with Crippen LogP contribution in [0.25, 0.3) is 6.08 Å². The van der Waals surface area contributed by atoms with Crippen molar-refractivity contribution in [1.29, 1.82) is 5.26 Å². The highest BCUT2D eigenvalue weighted by molar-refractivity contribution is 9.11. The summed E-state index contributed by atoms with van der Waals surface area (Å²) in [5.41, 5.74) is 1.76. The zero-order chi connectivity index (χ0) is 22.5. The van der Waals surface area contributed by atoms with Crippen molar-refractivity contribution in [2.24, 2.45) is 0 Å². The Hall–Kier alpha value is -2.10. The van der Waals surface area contributed by atoms with Gasteiger partial charge in [0.05, 0.1) is 15.6 Å². The van der Waals surface area contributed by atoms with Crippen LogP contribution in [-0.2, 0) is 11.3 Å². The molecule has 164 valence electrons. The van der Waals surface area contributed by atoms with Crippen molar-refractivity contribution in [3.8, 4) is 11.8 Å². The van der Waals surface area contributed by atoms with Gasteiger partial charge in [0, 0.05) is 6.54 Å². The van der Waals surface area contributed by atoms with E-state index in [1.54, 1.807) is 6.08 Å². The lowest BCUT2D eigenvalue weighted by Gasteiger charge is -2.11. The number of hydrogen-bond donors (Lipinski definition) is 1. The van der Waals surface area contributed by atoms with Crippen LogP contribution in [0, 0.1) is 11.3 Å². The second-order valence-corrected chi connectivity index (χ2v) is 8.98. The quantitative estimate of drug-likeness (QED) is 0.174. The Balaban J connectivity index is 1.96. The van der Waals surface area contributed by atoms with Crippen molar-refractivity contribution in [3.05, 3.63) is 68.1 Å². The fourth-order valence-corrected chi connectivity index (χ4v) is 4.50. The summed E-state index contributed by atoms with van der Waals surface area (Å²) in [6, 6.07) is 15.3. The minimum Gasteiger partial charge on any atom is -0.491 e. The van der Waals surface area contributed by atoms with Gasteiger partial charge in [-0.2, -0.15) is 5.26 Å². The van der Waals surface area contributed by atoms with Crippen molar-refractivity contribution >= 4 is 43.8 Å². The number of amides is 1. The SMILES string of the molecule is CCCCCCCCOc1c(Br)cc(/C=C(\C#N)C(=O)NCc2ccccc2)cc1Br. The molecule has 1 N–H and O–H groups in total. The monoisotopic (exact) mass is 546 g/mol. The lowest BCUT2D eigenvalue weighted by atomic mass is 10.1. The predicted molar refractivity (Wildman–Crippen MR) is 133 cm³/mol. The van der Waals surface area contributed by atoms with E-state index in [4.69, 9.17) is 4.74 Å². The zero-order valence-corrected chi connectivity index (χ0v) is 21.0. The molecule has 2 aromatic carbocycles. The summed E-state index contributed by atoms with van der Waals surface area (Å²) in [5, 5.41) is 12.2. The van der Waals surface area contributed by atoms with E-state index in [0.717, 1.165) is 32.2 Å². The van der Waals surface area contributed by atoms with Gasteiger partial charge >= 0.3 is 0 Å². The van der Waals surface area contributed by atoms with Gasteiger partial charge in [0.15, 0.2) is 0 Å². The first kappa shape index (κ1) is 25.2. The molecule has 4 nitrogen and oxygen atoms in total. The first-order valence-corrected chi connectivity index (χ1v) is 12.2. The molecule has 1 amide bonds. The standard InChI is InChI=1S/C25H28Br2N2O2/c1-2-3-4-5-6-10-13-31-24-22(26)15-20(16-23(24)27)14-21(17-28)25(30)29-18-19-11-8-7-9-12-19/h7-9,11-12,14-16H,2-6,10,13,18H2,1H3,(H,29,30)/b21-14+. The van der Waals surface area contributed by atoms with Gasteiger partial charge in [-0.1, -0.05) is 69.4 Å². The summed E-state index contributed by atoms with van der Waals surface area (Å²) >= 11 is 7.09. The number of unbranched alkanes of at least 4 members (excludes halogenated alkanes) is 5. The number of ether oxygens (including phenoxy) is 1. The average Bonchev–Trinajstić information content (AvgIpc) is 2.77. The fraction of sp³-hybridized carbons (Fsp3) is 0.360. The molecule has 0 aliphatic rings. The third kappa shape index (κ3) is 8.88. The molecule has 0 spiro atoms. The lowest BCUT2D eigenvalue weighted by molar-refractivity contribution is -0.117. The van der Waals surface area contributed by atoms with Crippen LogP contribution in [0.3, 0.4) is 0 Å². The van der Waals surface area contributed by atoms with E-state index in [1.807, 2.05) is 48.5 Å². The molecule has 6 heteroatoms. The van der Waals surface area contributed by atoms with Gasteiger partial charge in [0.1, 0.15) is 17.4 Å². The van der Waals surface area contributed by atoms with E-state index >= 15 is 0 Å². The first-order valence-electron chi connectivity index (χ1n) is 10.6. The summed E-state index contributed by atoms with van der Waals surface area (Å²) in [6.07, 6.45) is 8.83. The molecule has 0 unspecified atom stereocenters. The Labute approximate surface area is 201 Å². The van der Waals surface area contributed by atoms with Crippen LogP contribution in [0.5, 0.6) is 5.75 Å². The molecule has 0 aliphatic carbocycles. The summed E-state index contributed by atoms with van der Waals surface area (Å²) < 4.78 is 7.49. The van der Waals surface area contributed by atoms with Gasteiger partial charge in [0.25, 0.3) is 5.91 Å². The molecular formula is C25H28Br2N2O2. The number of benzene rings is 2. The van der Waals surface area contributed by atoms with Crippen molar-refractivity contribution in [2.45, 2.75) is 52.0 Å².